The summed E-state index contributed by atoms with van der Waals surface area (Å²) in [7, 11) is 0. The minimum Gasteiger partial charge on any atom is -0.368 e. The number of nitrogens with one attached hydrogen (secondary N) is 1. The molecule has 0 aliphatic rings. The number of nitrogen functional groups attached to an aromatic ring is 1. The smallest absolute Gasteiger partial charge is 0.239 e. The van der Waals surface area contributed by atoms with Gasteiger partial charge in [0, 0.05) is 12.7 Å². The number of carbonyl (C=O) groups excluding carboxylic acids is 1. The molecule has 82 valence electrons. The normalized spacial score (nSPS) is 9.73. The topological polar surface area (TPSA) is 110 Å². The van der Waals surface area contributed by atoms with Gasteiger partial charge < -0.3 is 10.6 Å². The molecule has 0 saturated carbocycles. The van der Waals surface area contributed by atoms with Gasteiger partial charge in [-0.15, -0.1) is 0 Å². The average Bonchev–Trinajstić information content (AvgIpc) is 2.25. The van der Waals surface area contributed by atoms with Gasteiger partial charge in [0.05, 0.1) is 6.54 Å². The third kappa shape index (κ3) is 3.06. The molecule has 0 atom stereocenters. The maximum atomic E-state index is 10.8. The number of amides is 1. The average molecular weight is 210 g/mol. The van der Waals surface area contributed by atoms with Gasteiger partial charge >= 0.3 is 0 Å². The zero-order valence-corrected chi connectivity index (χ0v) is 8.47. The Morgan fingerprint density at radius 2 is 2.40 bits per heavy atom. The molecule has 0 aliphatic carbocycles. The van der Waals surface area contributed by atoms with Gasteiger partial charge in [0.2, 0.25) is 11.9 Å². The molecule has 0 spiro atoms. The van der Waals surface area contributed by atoms with Crippen LogP contribution in [-0.2, 0) is 4.79 Å². The Balaban J connectivity index is 2.85. The van der Waals surface area contributed by atoms with Gasteiger partial charge in [-0.3, -0.25) is 10.2 Å². The van der Waals surface area contributed by atoms with E-state index in [1.807, 2.05) is 6.92 Å². The summed E-state index contributed by atoms with van der Waals surface area (Å²) in [5.74, 6) is 5.68. The minimum absolute atomic E-state index is 0.123. The third-order valence-corrected chi connectivity index (χ3v) is 1.82. The molecule has 1 aromatic rings. The number of rotatable bonds is 5. The van der Waals surface area contributed by atoms with Crippen LogP contribution in [-0.4, -0.2) is 29.0 Å². The van der Waals surface area contributed by atoms with Crippen molar-refractivity contribution in [1.82, 2.24) is 9.97 Å². The SMILES string of the molecule is CCN(CC(N)=O)c1ccnc(NN)n1. The van der Waals surface area contributed by atoms with Crippen LogP contribution in [0.25, 0.3) is 0 Å². The van der Waals surface area contributed by atoms with Gasteiger partial charge in [-0.1, -0.05) is 0 Å². The third-order valence-electron chi connectivity index (χ3n) is 1.82. The summed E-state index contributed by atoms with van der Waals surface area (Å²) in [6.07, 6.45) is 1.56. The highest BCUT2D eigenvalue weighted by molar-refractivity contribution is 5.79. The summed E-state index contributed by atoms with van der Waals surface area (Å²) < 4.78 is 0. The van der Waals surface area contributed by atoms with E-state index in [1.54, 1.807) is 17.2 Å². The molecule has 1 aromatic heterocycles. The van der Waals surface area contributed by atoms with Crippen molar-refractivity contribution < 1.29 is 4.79 Å². The first-order chi connectivity index (χ1) is 7.17. The quantitative estimate of drug-likeness (QED) is 0.428. The largest absolute Gasteiger partial charge is 0.368 e. The van der Waals surface area contributed by atoms with E-state index in [0.717, 1.165) is 0 Å². The molecule has 0 saturated heterocycles. The molecule has 1 amide bonds. The molecular weight excluding hydrogens is 196 g/mol. The molecule has 7 nitrogen and oxygen atoms in total. The van der Waals surface area contributed by atoms with Crippen molar-refractivity contribution in [3.63, 3.8) is 0 Å². The number of nitrogens with zero attached hydrogens (tertiary/aromatic N) is 3. The zero-order chi connectivity index (χ0) is 11.3. The summed E-state index contributed by atoms with van der Waals surface area (Å²) in [6, 6.07) is 1.69. The molecule has 0 bridgehead atoms. The van der Waals surface area contributed by atoms with Gasteiger partial charge in [-0.05, 0) is 13.0 Å². The van der Waals surface area contributed by atoms with Crippen molar-refractivity contribution in [3.05, 3.63) is 12.3 Å². The van der Waals surface area contributed by atoms with E-state index in [1.165, 1.54) is 0 Å². The second-order valence-corrected chi connectivity index (χ2v) is 2.86. The molecule has 1 heterocycles. The van der Waals surface area contributed by atoms with E-state index in [-0.39, 0.29) is 6.54 Å². The number of aromatic nitrogens is 2. The van der Waals surface area contributed by atoms with E-state index in [0.29, 0.717) is 18.3 Å². The van der Waals surface area contributed by atoms with Crippen LogP contribution in [0.2, 0.25) is 0 Å². The van der Waals surface area contributed by atoms with Crippen LogP contribution in [0.15, 0.2) is 12.3 Å². The van der Waals surface area contributed by atoms with Crippen molar-refractivity contribution in [1.29, 1.82) is 0 Å². The molecule has 0 aromatic carbocycles. The number of hydrazine groups is 1. The fourth-order valence-electron chi connectivity index (χ4n) is 1.14. The first kappa shape index (κ1) is 11.2. The Morgan fingerprint density at radius 1 is 1.67 bits per heavy atom. The van der Waals surface area contributed by atoms with Crippen molar-refractivity contribution in [3.8, 4) is 0 Å². The van der Waals surface area contributed by atoms with Gasteiger partial charge in [-0.2, -0.15) is 4.98 Å². The number of carbonyl (C=O) groups is 1. The number of likely N-dealkylation sites (N-methyl/N-ethyl adjacent to an activating group) is 1. The second-order valence-electron chi connectivity index (χ2n) is 2.86. The Hall–Kier alpha value is -1.89. The molecule has 0 fully saturated rings. The van der Waals surface area contributed by atoms with E-state index in [9.17, 15) is 4.79 Å². The molecule has 0 aliphatic heterocycles. The van der Waals surface area contributed by atoms with Crippen LogP contribution in [0.4, 0.5) is 11.8 Å². The lowest BCUT2D eigenvalue weighted by molar-refractivity contribution is -0.116. The Morgan fingerprint density at radius 3 is 2.93 bits per heavy atom. The molecule has 15 heavy (non-hydrogen) atoms. The highest BCUT2D eigenvalue weighted by Crippen LogP contribution is 2.10. The van der Waals surface area contributed by atoms with E-state index >= 15 is 0 Å². The minimum atomic E-state index is -0.405. The highest BCUT2D eigenvalue weighted by Gasteiger charge is 2.09. The molecule has 7 heteroatoms. The molecular formula is C8H14N6O. The summed E-state index contributed by atoms with van der Waals surface area (Å²) in [4.78, 5) is 20.5. The molecule has 1 rings (SSSR count). The predicted molar refractivity (Wildman–Crippen MR) is 56.9 cm³/mol. The van der Waals surface area contributed by atoms with Crippen LogP contribution >= 0.6 is 0 Å². The van der Waals surface area contributed by atoms with Crippen LogP contribution in [0.5, 0.6) is 0 Å². The van der Waals surface area contributed by atoms with E-state index in [4.69, 9.17) is 11.6 Å². The monoisotopic (exact) mass is 210 g/mol. The number of nitrogens with two attached hydrogens (primary N) is 2. The van der Waals surface area contributed by atoms with Crippen molar-refractivity contribution in [2.24, 2.45) is 11.6 Å². The number of hydrogen-bond acceptors (Lipinski definition) is 6. The highest BCUT2D eigenvalue weighted by atomic mass is 16.1. The Bertz CT molecular complexity index is 342. The molecule has 0 radical (unpaired) electrons. The van der Waals surface area contributed by atoms with Gasteiger partial charge in [0.15, 0.2) is 0 Å². The van der Waals surface area contributed by atoms with E-state index < -0.39 is 5.91 Å². The van der Waals surface area contributed by atoms with Crippen LogP contribution in [0.1, 0.15) is 6.92 Å². The van der Waals surface area contributed by atoms with Gasteiger partial charge in [0.25, 0.3) is 0 Å². The lowest BCUT2D eigenvalue weighted by Crippen LogP contribution is -2.34. The van der Waals surface area contributed by atoms with Crippen molar-refractivity contribution in [2.75, 3.05) is 23.4 Å². The predicted octanol–water partition coefficient (Wildman–Crippen LogP) is -0.926. The number of anilines is 2. The number of hydrogen-bond donors (Lipinski definition) is 3. The van der Waals surface area contributed by atoms with E-state index in [2.05, 4.69) is 15.4 Å². The van der Waals surface area contributed by atoms with Crippen LogP contribution < -0.4 is 21.9 Å². The van der Waals surface area contributed by atoms with Crippen LogP contribution in [0, 0.1) is 0 Å². The number of primary amides is 1. The fraction of sp³-hybridized carbons (Fsp3) is 0.375. The van der Waals surface area contributed by atoms with Crippen molar-refractivity contribution in [2.45, 2.75) is 6.92 Å². The molecule has 5 N–H and O–H groups in total. The maximum absolute atomic E-state index is 10.8. The lowest BCUT2D eigenvalue weighted by Gasteiger charge is -2.19. The Kier molecular flexibility index (Phi) is 3.81. The van der Waals surface area contributed by atoms with Gasteiger partial charge in [0.1, 0.15) is 5.82 Å². The summed E-state index contributed by atoms with van der Waals surface area (Å²) in [5.41, 5.74) is 7.45. The standard InChI is InChI=1S/C8H14N6O/c1-2-14(5-6(9)15)7-3-4-11-8(12-7)13-10/h3-4H,2,5,10H2,1H3,(H2,9,15)(H,11,12,13). The maximum Gasteiger partial charge on any atom is 0.239 e. The second kappa shape index (κ2) is 5.11. The van der Waals surface area contributed by atoms with Gasteiger partial charge in [-0.25, -0.2) is 10.8 Å². The summed E-state index contributed by atoms with van der Waals surface area (Å²) >= 11 is 0. The van der Waals surface area contributed by atoms with Crippen molar-refractivity contribution >= 4 is 17.7 Å². The summed E-state index contributed by atoms with van der Waals surface area (Å²) in [5, 5.41) is 0. The summed E-state index contributed by atoms with van der Waals surface area (Å²) in [6.45, 7) is 2.65. The lowest BCUT2D eigenvalue weighted by atomic mass is 10.4. The molecule has 0 unspecified atom stereocenters. The fourth-order valence-corrected chi connectivity index (χ4v) is 1.14. The first-order valence-corrected chi connectivity index (χ1v) is 4.50. The zero-order valence-electron chi connectivity index (χ0n) is 8.47. The van der Waals surface area contributed by atoms with Crippen LogP contribution in [0.3, 0.4) is 0 Å². The Labute approximate surface area is 87.5 Å². The first-order valence-electron chi connectivity index (χ1n) is 4.50.